The van der Waals surface area contributed by atoms with E-state index in [2.05, 4.69) is 20.8 Å². The maximum absolute atomic E-state index is 12.9. The Morgan fingerprint density at radius 2 is 1.75 bits per heavy atom. The van der Waals surface area contributed by atoms with Gasteiger partial charge in [-0.05, 0) is 50.0 Å². The fourth-order valence-corrected chi connectivity index (χ4v) is 3.63. The summed E-state index contributed by atoms with van der Waals surface area (Å²) in [6.45, 7) is 10.6. The summed E-state index contributed by atoms with van der Waals surface area (Å²) in [5.74, 6) is 1.33. The molecule has 0 radical (unpaired) electrons. The Bertz CT molecular complexity index is 509. The summed E-state index contributed by atoms with van der Waals surface area (Å²) in [4.78, 5) is 12.9. The van der Waals surface area contributed by atoms with E-state index < -0.39 is 6.10 Å². The third-order valence-corrected chi connectivity index (χ3v) is 4.95. The van der Waals surface area contributed by atoms with Crippen molar-refractivity contribution in [3.63, 3.8) is 0 Å². The van der Waals surface area contributed by atoms with Crippen LogP contribution in [0.1, 0.15) is 65.5 Å². The molecule has 1 saturated carbocycles. The quantitative estimate of drug-likeness (QED) is 0.675. The lowest BCUT2D eigenvalue weighted by Crippen LogP contribution is -2.37. The molecule has 2 rings (SSSR count). The first kappa shape index (κ1) is 19.0. The summed E-state index contributed by atoms with van der Waals surface area (Å²) in [6.07, 6.45) is 2.64. The molecule has 0 heterocycles. The molecule has 4 atom stereocenters. The molecule has 0 aliphatic heterocycles. The molecule has 1 fully saturated rings. The van der Waals surface area contributed by atoms with Crippen LogP contribution in [0.25, 0.3) is 0 Å². The zero-order valence-corrected chi connectivity index (χ0v) is 15.7. The standard InChI is InChI=1S/C21H32O3/c1-14(2)18-12-11-16(5)13-19(18)24-21(22)20(23-15(3)4)17-9-7-6-8-10-17/h6-10,14-16,18-20H,11-13H2,1-5H3/t16-,18+,19-,20?/m0/s1. The smallest absolute Gasteiger partial charge is 0.340 e. The van der Waals surface area contributed by atoms with E-state index in [1.165, 1.54) is 6.42 Å². The van der Waals surface area contributed by atoms with Crippen LogP contribution >= 0.6 is 0 Å². The van der Waals surface area contributed by atoms with Gasteiger partial charge in [0.05, 0.1) is 6.10 Å². The Kier molecular flexibility index (Phi) is 6.85. The molecule has 0 aromatic heterocycles. The van der Waals surface area contributed by atoms with E-state index in [0.717, 1.165) is 18.4 Å². The number of esters is 1. The lowest BCUT2D eigenvalue weighted by Gasteiger charge is -2.37. The van der Waals surface area contributed by atoms with Gasteiger partial charge in [0.25, 0.3) is 0 Å². The number of carbonyl (C=O) groups excluding carboxylic acids is 1. The second-order valence-electron chi connectivity index (χ2n) is 7.78. The van der Waals surface area contributed by atoms with Gasteiger partial charge in [-0.25, -0.2) is 4.79 Å². The number of benzene rings is 1. The minimum Gasteiger partial charge on any atom is -0.460 e. The Morgan fingerprint density at radius 1 is 1.08 bits per heavy atom. The zero-order valence-electron chi connectivity index (χ0n) is 15.7. The topological polar surface area (TPSA) is 35.5 Å². The highest BCUT2D eigenvalue weighted by atomic mass is 16.6. The van der Waals surface area contributed by atoms with Crippen LogP contribution in [0.3, 0.4) is 0 Å². The van der Waals surface area contributed by atoms with Crippen molar-refractivity contribution in [2.45, 2.75) is 72.2 Å². The SMILES string of the molecule is CC(C)OC(C(=O)O[C@H]1C[C@@H](C)CC[C@@H]1C(C)C)c1ccccc1. The van der Waals surface area contributed by atoms with Crippen LogP contribution in [0.4, 0.5) is 0 Å². The van der Waals surface area contributed by atoms with Crippen molar-refractivity contribution >= 4 is 5.97 Å². The summed E-state index contributed by atoms with van der Waals surface area (Å²) in [5, 5.41) is 0. The average molecular weight is 332 g/mol. The molecule has 0 spiro atoms. The highest BCUT2D eigenvalue weighted by molar-refractivity contribution is 5.76. The molecule has 0 saturated heterocycles. The average Bonchev–Trinajstić information content (AvgIpc) is 2.53. The highest BCUT2D eigenvalue weighted by Crippen LogP contribution is 2.36. The fraction of sp³-hybridized carbons (Fsp3) is 0.667. The van der Waals surface area contributed by atoms with Crippen LogP contribution in [-0.4, -0.2) is 18.2 Å². The number of carbonyl (C=O) groups is 1. The number of hydrogen-bond acceptors (Lipinski definition) is 3. The number of ether oxygens (including phenoxy) is 2. The van der Waals surface area contributed by atoms with E-state index in [1.807, 2.05) is 44.2 Å². The van der Waals surface area contributed by atoms with Crippen molar-refractivity contribution < 1.29 is 14.3 Å². The van der Waals surface area contributed by atoms with Crippen LogP contribution in [0.2, 0.25) is 0 Å². The molecule has 0 amide bonds. The maximum atomic E-state index is 12.9. The van der Waals surface area contributed by atoms with Crippen LogP contribution in [0.15, 0.2) is 30.3 Å². The number of rotatable bonds is 6. The van der Waals surface area contributed by atoms with E-state index in [-0.39, 0.29) is 18.2 Å². The van der Waals surface area contributed by atoms with Gasteiger partial charge in [-0.1, -0.05) is 57.5 Å². The molecule has 1 aliphatic rings. The third kappa shape index (κ3) is 5.07. The second kappa shape index (κ2) is 8.66. The summed E-state index contributed by atoms with van der Waals surface area (Å²) < 4.78 is 11.9. The highest BCUT2D eigenvalue weighted by Gasteiger charge is 2.35. The van der Waals surface area contributed by atoms with Crippen LogP contribution < -0.4 is 0 Å². The lowest BCUT2D eigenvalue weighted by atomic mass is 9.75. The van der Waals surface area contributed by atoms with Crippen LogP contribution in [0.5, 0.6) is 0 Å². The summed E-state index contributed by atoms with van der Waals surface area (Å²) >= 11 is 0. The first-order chi connectivity index (χ1) is 11.4. The van der Waals surface area contributed by atoms with Crippen LogP contribution in [-0.2, 0) is 14.3 Å². The predicted molar refractivity (Wildman–Crippen MR) is 96.6 cm³/mol. The Morgan fingerprint density at radius 3 is 2.33 bits per heavy atom. The van der Waals surface area contributed by atoms with Crippen molar-refractivity contribution in [2.75, 3.05) is 0 Å². The van der Waals surface area contributed by atoms with E-state index >= 15 is 0 Å². The molecule has 0 N–H and O–H groups in total. The molecule has 3 nitrogen and oxygen atoms in total. The predicted octanol–water partition coefficient (Wildman–Crippen LogP) is 5.16. The number of hydrogen-bond donors (Lipinski definition) is 0. The van der Waals surface area contributed by atoms with Crippen molar-refractivity contribution in [3.8, 4) is 0 Å². The molecular weight excluding hydrogens is 300 g/mol. The lowest BCUT2D eigenvalue weighted by molar-refractivity contribution is -0.172. The van der Waals surface area contributed by atoms with Gasteiger partial charge < -0.3 is 9.47 Å². The van der Waals surface area contributed by atoms with E-state index in [4.69, 9.17) is 9.47 Å². The van der Waals surface area contributed by atoms with Crippen molar-refractivity contribution in [2.24, 2.45) is 17.8 Å². The van der Waals surface area contributed by atoms with Gasteiger partial charge in [0.15, 0.2) is 6.10 Å². The Labute approximate surface area is 146 Å². The third-order valence-electron chi connectivity index (χ3n) is 4.95. The molecule has 1 unspecified atom stereocenters. The molecular formula is C21H32O3. The molecule has 3 heteroatoms. The normalized spacial score (nSPS) is 25.7. The molecule has 0 bridgehead atoms. The van der Waals surface area contributed by atoms with Gasteiger partial charge in [-0.2, -0.15) is 0 Å². The van der Waals surface area contributed by atoms with Gasteiger partial charge >= 0.3 is 5.97 Å². The first-order valence-corrected chi connectivity index (χ1v) is 9.29. The maximum Gasteiger partial charge on any atom is 0.340 e. The summed E-state index contributed by atoms with van der Waals surface area (Å²) in [5.41, 5.74) is 0.862. The fourth-order valence-electron chi connectivity index (χ4n) is 3.63. The van der Waals surface area contributed by atoms with Gasteiger partial charge in [0.1, 0.15) is 6.10 Å². The molecule has 24 heavy (non-hydrogen) atoms. The summed E-state index contributed by atoms with van der Waals surface area (Å²) in [7, 11) is 0. The largest absolute Gasteiger partial charge is 0.460 e. The van der Waals surface area contributed by atoms with E-state index in [9.17, 15) is 4.79 Å². The zero-order chi connectivity index (χ0) is 17.7. The molecule has 1 aromatic carbocycles. The van der Waals surface area contributed by atoms with Crippen molar-refractivity contribution in [1.82, 2.24) is 0 Å². The first-order valence-electron chi connectivity index (χ1n) is 9.29. The minimum atomic E-state index is -0.642. The second-order valence-corrected chi connectivity index (χ2v) is 7.78. The molecule has 134 valence electrons. The van der Waals surface area contributed by atoms with Crippen LogP contribution in [0, 0.1) is 17.8 Å². The summed E-state index contributed by atoms with van der Waals surface area (Å²) in [6, 6.07) is 9.66. The van der Waals surface area contributed by atoms with Gasteiger partial charge in [-0.15, -0.1) is 0 Å². The molecule has 1 aromatic rings. The Hall–Kier alpha value is -1.35. The van der Waals surface area contributed by atoms with Gasteiger partial charge in [0, 0.05) is 0 Å². The van der Waals surface area contributed by atoms with Gasteiger partial charge in [-0.3, -0.25) is 0 Å². The monoisotopic (exact) mass is 332 g/mol. The Balaban J connectivity index is 2.13. The van der Waals surface area contributed by atoms with Crippen molar-refractivity contribution in [1.29, 1.82) is 0 Å². The minimum absolute atomic E-state index is 0.00299. The van der Waals surface area contributed by atoms with E-state index in [1.54, 1.807) is 0 Å². The van der Waals surface area contributed by atoms with Gasteiger partial charge in [0.2, 0.25) is 0 Å². The molecule has 1 aliphatic carbocycles. The van der Waals surface area contributed by atoms with E-state index in [0.29, 0.717) is 17.8 Å². The van der Waals surface area contributed by atoms with Crippen molar-refractivity contribution in [3.05, 3.63) is 35.9 Å².